The van der Waals surface area contributed by atoms with Crippen molar-refractivity contribution in [2.24, 2.45) is 39.0 Å². The van der Waals surface area contributed by atoms with Crippen LogP contribution in [0.4, 0.5) is 0 Å². The first-order valence-electron chi connectivity index (χ1n) is 14.4. The summed E-state index contributed by atoms with van der Waals surface area (Å²) in [4.78, 5) is 80.1. The van der Waals surface area contributed by atoms with Crippen molar-refractivity contribution in [3.05, 3.63) is 0 Å². The molecule has 4 atom stereocenters. The predicted molar refractivity (Wildman–Crippen MR) is 161 cm³/mol. The van der Waals surface area contributed by atoms with Crippen LogP contribution in [0.3, 0.4) is 0 Å². The Morgan fingerprint density at radius 3 is 1.74 bits per heavy atom. The number of rotatable bonds is 15. The number of nitrogens with two attached hydrogens (primary N) is 3. The molecule has 0 spiro atoms. The molecule has 43 heavy (non-hydrogen) atoms. The Morgan fingerprint density at radius 2 is 1.33 bits per heavy atom. The predicted octanol–water partition coefficient (Wildman–Crippen LogP) is -1.29. The third-order valence-electron chi connectivity index (χ3n) is 7.16. The number of carboxylic acid groups (broad SMARTS) is 1. The number of carbonyl (C=O) groups excluding carboxylic acids is 5. The van der Waals surface area contributed by atoms with Crippen LogP contribution in [0.25, 0.3) is 0 Å². The standard InChI is InChI=1S/C14H24N4O4.C14H24N4O3/c1-18(2)14(15)16-5-3-4-11(13(21)22)17-8-9-6-10(19)7-12(9)20;1-18(2)14(16)17-5-3-4-11(15)13(21)7-9-6-10(19)8-12(9)20/h9,11,17H,3-8H2,1-2H3,(H2,15,16)(H,21,22);9,11H,3-8,15H2,1-2H3,(H2,16,17). The van der Waals surface area contributed by atoms with Gasteiger partial charge in [0.15, 0.2) is 11.9 Å². The molecule has 2 rings (SSSR count). The lowest BCUT2D eigenvalue weighted by molar-refractivity contribution is -0.140. The number of guanidine groups is 2. The summed E-state index contributed by atoms with van der Waals surface area (Å²) in [6.45, 7) is 1.17. The van der Waals surface area contributed by atoms with Crippen LogP contribution < -0.4 is 22.5 Å². The Bertz CT molecular complexity index is 1070. The number of Topliss-reactive ketones (excluding diaryl/α,β-unsaturated/α-hetero) is 5. The van der Waals surface area contributed by atoms with Gasteiger partial charge in [-0.1, -0.05) is 0 Å². The molecule has 15 nitrogen and oxygen atoms in total. The van der Waals surface area contributed by atoms with Gasteiger partial charge in [0.05, 0.1) is 18.9 Å². The van der Waals surface area contributed by atoms with Crippen LogP contribution in [0.1, 0.15) is 57.8 Å². The van der Waals surface area contributed by atoms with E-state index in [1.54, 1.807) is 38.0 Å². The normalized spacial score (nSPS) is 20.5. The summed E-state index contributed by atoms with van der Waals surface area (Å²) in [5, 5.41) is 12.0. The fourth-order valence-corrected chi connectivity index (χ4v) is 4.40. The average molecular weight is 609 g/mol. The highest BCUT2D eigenvalue weighted by Crippen LogP contribution is 2.22. The molecule has 2 aliphatic rings. The van der Waals surface area contributed by atoms with Crippen molar-refractivity contribution in [2.75, 3.05) is 47.8 Å². The number of carboxylic acids is 1. The minimum Gasteiger partial charge on any atom is -0.480 e. The maximum Gasteiger partial charge on any atom is 0.320 e. The molecule has 0 aromatic rings. The highest BCUT2D eigenvalue weighted by Gasteiger charge is 2.33. The van der Waals surface area contributed by atoms with Gasteiger partial charge in [-0.05, 0) is 25.7 Å². The maximum absolute atomic E-state index is 11.9. The lowest BCUT2D eigenvalue weighted by Gasteiger charge is -2.16. The van der Waals surface area contributed by atoms with Gasteiger partial charge in [0.2, 0.25) is 0 Å². The Labute approximate surface area is 252 Å². The van der Waals surface area contributed by atoms with E-state index in [4.69, 9.17) is 17.2 Å². The summed E-state index contributed by atoms with van der Waals surface area (Å²) < 4.78 is 0. The van der Waals surface area contributed by atoms with Gasteiger partial charge in [0.25, 0.3) is 0 Å². The topological polar surface area (TPSA) is 244 Å². The van der Waals surface area contributed by atoms with E-state index >= 15 is 0 Å². The number of hydrogen-bond donors (Lipinski definition) is 5. The largest absolute Gasteiger partial charge is 0.480 e. The summed E-state index contributed by atoms with van der Waals surface area (Å²) in [6, 6.07) is -1.36. The molecular formula is C28H48N8O7. The molecule has 2 saturated carbocycles. The van der Waals surface area contributed by atoms with E-state index in [2.05, 4.69) is 15.3 Å². The highest BCUT2D eigenvalue weighted by atomic mass is 16.4. The van der Waals surface area contributed by atoms with Crippen molar-refractivity contribution in [1.82, 2.24) is 15.1 Å². The summed E-state index contributed by atoms with van der Waals surface area (Å²) in [5.41, 5.74) is 17.1. The van der Waals surface area contributed by atoms with Crippen molar-refractivity contribution >= 4 is 46.8 Å². The lowest BCUT2D eigenvalue weighted by atomic mass is 9.95. The fraction of sp³-hybridized carbons (Fsp3) is 0.714. The molecule has 0 aromatic heterocycles. The Balaban J connectivity index is 0.000000430. The van der Waals surface area contributed by atoms with Crippen LogP contribution in [0.5, 0.6) is 0 Å². The zero-order chi connectivity index (χ0) is 32.7. The van der Waals surface area contributed by atoms with Crippen LogP contribution in [0.15, 0.2) is 9.98 Å². The van der Waals surface area contributed by atoms with Crippen LogP contribution in [-0.4, -0.2) is 122 Å². The van der Waals surface area contributed by atoms with Crippen molar-refractivity contribution in [1.29, 1.82) is 0 Å². The van der Waals surface area contributed by atoms with Gasteiger partial charge in [0, 0.05) is 78.9 Å². The molecule has 2 aliphatic carbocycles. The SMILES string of the molecule is CN(C)C(N)=NCCCC(N)C(=O)CC1CC(=O)CC1=O.CN(C)C(N)=NCCCC(NCC1CC(=O)CC1=O)C(=O)O. The lowest BCUT2D eigenvalue weighted by Crippen LogP contribution is -2.40. The molecule has 0 radical (unpaired) electrons. The Kier molecular flexibility index (Phi) is 16.3. The fourth-order valence-electron chi connectivity index (χ4n) is 4.40. The summed E-state index contributed by atoms with van der Waals surface area (Å²) in [5.74, 6) is -1.55. The third kappa shape index (κ3) is 14.3. The summed E-state index contributed by atoms with van der Waals surface area (Å²) >= 11 is 0. The molecule has 0 saturated heterocycles. The Hall–Kier alpha value is -3.72. The molecule has 242 valence electrons. The number of nitrogens with zero attached hydrogens (tertiary/aromatic N) is 4. The third-order valence-corrected chi connectivity index (χ3v) is 7.16. The van der Waals surface area contributed by atoms with Crippen molar-refractivity contribution in [3.63, 3.8) is 0 Å². The van der Waals surface area contributed by atoms with Gasteiger partial charge in [-0.3, -0.25) is 38.8 Å². The van der Waals surface area contributed by atoms with Gasteiger partial charge < -0.3 is 37.4 Å². The molecule has 0 aromatic carbocycles. The van der Waals surface area contributed by atoms with E-state index in [1.165, 1.54) is 0 Å². The molecule has 0 amide bonds. The average Bonchev–Trinajstić information content (AvgIpc) is 3.42. The number of hydrogen-bond acceptors (Lipinski definition) is 10. The minimum absolute atomic E-state index is 0.0252. The van der Waals surface area contributed by atoms with Gasteiger partial charge in [-0.25, -0.2) is 0 Å². The second-order valence-electron chi connectivity index (χ2n) is 11.3. The van der Waals surface area contributed by atoms with Crippen LogP contribution in [0, 0.1) is 11.8 Å². The van der Waals surface area contributed by atoms with E-state index in [9.17, 15) is 33.9 Å². The molecule has 8 N–H and O–H groups in total. The Morgan fingerprint density at radius 1 is 0.860 bits per heavy atom. The van der Waals surface area contributed by atoms with Crippen molar-refractivity contribution < 1.29 is 33.9 Å². The zero-order valence-electron chi connectivity index (χ0n) is 25.7. The number of nitrogens with one attached hydrogen (secondary N) is 1. The molecular weight excluding hydrogens is 560 g/mol. The van der Waals surface area contributed by atoms with E-state index < -0.39 is 29.9 Å². The monoisotopic (exact) mass is 608 g/mol. The van der Waals surface area contributed by atoms with Crippen LogP contribution in [0.2, 0.25) is 0 Å². The van der Waals surface area contributed by atoms with Gasteiger partial charge >= 0.3 is 5.97 Å². The van der Waals surface area contributed by atoms with Gasteiger partial charge in [-0.2, -0.15) is 0 Å². The molecule has 2 fully saturated rings. The first-order valence-corrected chi connectivity index (χ1v) is 14.4. The van der Waals surface area contributed by atoms with Crippen LogP contribution in [-0.2, 0) is 28.8 Å². The van der Waals surface area contributed by atoms with E-state index in [-0.39, 0.29) is 67.6 Å². The van der Waals surface area contributed by atoms with E-state index in [0.717, 1.165) is 0 Å². The second-order valence-corrected chi connectivity index (χ2v) is 11.3. The highest BCUT2D eigenvalue weighted by molar-refractivity contribution is 6.08. The number of aliphatic carboxylic acids is 1. The van der Waals surface area contributed by atoms with Crippen molar-refractivity contribution in [3.8, 4) is 0 Å². The molecule has 0 bridgehead atoms. The van der Waals surface area contributed by atoms with Crippen LogP contribution >= 0.6 is 0 Å². The minimum atomic E-state index is -0.971. The van der Waals surface area contributed by atoms with Crippen molar-refractivity contribution in [2.45, 2.75) is 69.9 Å². The molecule has 15 heteroatoms. The first-order chi connectivity index (χ1) is 20.1. The summed E-state index contributed by atoms with van der Waals surface area (Å²) in [6.07, 6.45) is 2.51. The first kappa shape index (κ1) is 37.3. The quantitative estimate of drug-likeness (QED) is 0.0629. The molecule has 0 aliphatic heterocycles. The van der Waals surface area contributed by atoms with E-state index in [1.807, 2.05) is 0 Å². The number of carbonyl (C=O) groups is 6. The number of aliphatic imine (C=N–C) groups is 2. The molecule has 0 heterocycles. The van der Waals surface area contributed by atoms with E-state index in [0.29, 0.717) is 50.7 Å². The number of ketones is 5. The second kappa shape index (κ2) is 18.7. The zero-order valence-corrected chi connectivity index (χ0v) is 25.7. The van der Waals surface area contributed by atoms with Gasteiger partial charge in [0.1, 0.15) is 35.0 Å². The summed E-state index contributed by atoms with van der Waals surface area (Å²) in [7, 11) is 7.16. The maximum atomic E-state index is 11.9. The smallest absolute Gasteiger partial charge is 0.320 e. The molecule has 4 unspecified atom stereocenters. The van der Waals surface area contributed by atoms with Gasteiger partial charge in [-0.15, -0.1) is 0 Å².